The summed E-state index contributed by atoms with van der Waals surface area (Å²) >= 11 is 0. The minimum absolute atomic E-state index is 0.206. The van der Waals surface area contributed by atoms with Gasteiger partial charge in [0.1, 0.15) is 0 Å². The topological polar surface area (TPSA) is 0 Å². The summed E-state index contributed by atoms with van der Waals surface area (Å²) < 4.78 is 0. The van der Waals surface area contributed by atoms with Crippen LogP contribution in [-0.4, -0.2) is 0 Å². The number of benzene rings is 2. The van der Waals surface area contributed by atoms with Crippen molar-refractivity contribution in [1.82, 2.24) is 0 Å². The van der Waals surface area contributed by atoms with Crippen molar-refractivity contribution in [2.24, 2.45) is 5.92 Å². The Morgan fingerprint density at radius 3 is 2.58 bits per heavy atom. The van der Waals surface area contributed by atoms with Gasteiger partial charge in [-0.15, -0.1) is 0 Å². The van der Waals surface area contributed by atoms with E-state index in [0.29, 0.717) is 5.92 Å². The first-order chi connectivity index (χ1) is 9.19. The van der Waals surface area contributed by atoms with Crippen molar-refractivity contribution >= 4 is 10.8 Å². The molecule has 1 unspecified atom stereocenters. The summed E-state index contributed by atoms with van der Waals surface area (Å²) in [7, 11) is 0. The van der Waals surface area contributed by atoms with E-state index in [1.807, 2.05) is 0 Å². The van der Waals surface area contributed by atoms with Crippen LogP contribution in [0.3, 0.4) is 0 Å². The van der Waals surface area contributed by atoms with E-state index in [0.717, 1.165) is 0 Å². The second kappa shape index (κ2) is 4.85. The number of hydrogen-bond acceptors (Lipinski definition) is 0. The maximum atomic E-state index is 2.44. The fraction of sp³-hybridized carbons (Fsp3) is 0.368. The SMILES string of the molecule is CC(C)(c1cccc2ccccc12)C1C=CCCC1. The molecular weight excluding hydrogens is 228 g/mol. The molecule has 2 aromatic rings. The number of hydrogen-bond donors (Lipinski definition) is 0. The third kappa shape index (κ3) is 2.20. The zero-order chi connectivity index (χ0) is 13.3. The third-order valence-electron chi connectivity index (χ3n) is 4.67. The average molecular weight is 250 g/mol. The average Bonchev–Trinajstić information content (AvgIpc) is 2.47. The minimum Gasteiger partial charge on any atom is -0.0882 e. The standard InChI is InChI=1S/C19H22/c1-19(2,16-11-4-3-5-12-16)18-14-8-10-15-9-6-7-13-17(15)18/h4,6-11,13-14,16H,3,5,12H2,1-2H3. The molecule has 0 spiro atoms. The van der Waals surface area contributed by atoms with Crippen molar-refractivity contribution in [3.63, 3.8) is 0 Å². The monoisotopic (exact) mass is 250 g/mol. The van der Waals surface area contributed by atoms with Crippen molar-refractivity contribution < 1.29 is 0 Å². The Morgan fingerprint density at radius 2 is 1.79 bits per heavy atom. The first-order valence-corrected chi connectivity index (χ1v) is 7.34. The summed E-state index contributed by atoms with van der Waals surface area (Å²) in [5, 5.41) is 2.77. The number of fused-ring (bicyclic) bond motifs is 1. The predicted molar refractivity (Wildman–Crippen MR) is 83.5 cm³/mol. The molecule has 0 amide bonds. The van der Waals surface area contributed by atoms with Crippen LogP contribution < -0.4 is 0 Å². The Kier molecular flexibility index (Phi) is 3.18. The summed E-state index contributed by atoms with van der Waals surface area (Å²) in [6.45, 7) is 4.80. The maximum absolute atomic E-state index is 2.44. The highest BCUT2D eigenvalue weighted by Crippen LogP contribution is 2.40. The lowest BCUT2D eigenvalue weighted by atomic mass is 9.69. The van der Waals surface area contributed by atoms with Gasteiger partial charge in [0, 0.05) is 0 Å². The second-order valence-corrected chi connectivity index (χ2v) is 6.21. The van der Waals surface area contributed by atoms with E-state index in [-0.39, 0.29) is 5.41 Å². The zero-order valence-electron chi connectivity index (χ0n) is 11.9. The van der Waals surface area contributed by atoms with Crippen LogP contribution in [0.25, 0.3) is 10.8 Å². The van der Waals surface area contributed by atoms with Crippen LogP contribution in [0.4, 0.5) is 0 Å². The molecule has 3 rings (SSSR count). The highest BCUT2D eigenvalue weighted by molar-refractivity contribution is 5.86. The minimum atomic E-state index is 0.206. The molecule has 19 heavy (non-hydrogen) atoms. The molecule has 0 heteroatoms. The number of rotatable bonds is 2. The van der Waals surface area contributed by atoms with Crippen molar-refractivity contribution in [3.8, 4) is 0 Å². The normalized spacial score (nSPS) is 19.8. The van der Waals surface area contributed by atoms with Crippen molar-refractivity contribution in [2.45, 2.75) is 38.5 Å². The van der Waals surface area contributed by atoms with Crippen molar-refractivity contribution in [2.75, 3.05) is 0 Å². The molecule has 0 saturated carbocycles. The second-order valence-electron chi connectivity index (χ2n) is 6.21. The van der Waals surface area contributed by atoms with E-state index in [1.54, 1.807) is 0 Å². The predicted octanol–water partition coefficient (Wildman–Crippen LogP) is 5.47. The van der Waals surface area contributed by atoms with Gasteiger partial charge in [0.05, 0.1) is 0 Å². The van der Waals surface area contributed by atoms with Crippen molar-refractivity contribution in [3.05, 3.63) is 60.2 Å². The zero-order valence-corrected chi connectivity index (χ0v) is 11.9. The fourth-order valence-electron chi connectivity index (χ4n) is 3.40. The molecule has 1 aliphatic carbocycles. The molecule has 0 nitrogen and oxygen atoms in total. The summed E-state index contributed by atoms with van der Waals surface area (Å²) in [6.07, 6.45) is 8.69. The van der Waals surface area contributed by atoms with Gasteiger partial charge in [0.2, 0.25) is 0 Å². The smallest absolute Gasteiger partial charge is 0.00347 e. The molecule has 1 aliphatic rings. The molecule has 0 aliphatic heterocycles. The molecular formula is C19H22. The Bertz CT molecular complexity index is 599. The maximum Gasteiger partial charge on any atom is -0.00347 e. The van der Waals surface area contributed by atoms with Gasteiger partial charge in [0.15, 0.2) is 0 Å². The lowest BCUT2D eigenvalue weighted by molar-refractivity contribution is 0.347. The molecule has 2 aromatic carbocycles. The van der Waals surface area contributed by atoms with Gasteiger partial charge in [-0.25, -0.2) is 0 Å². The van der Waals surface area contributed by atoms with E-state index >= 15 is 0 Å². The molecule has 0 N–H and O–H groups in total. The summed E-state index contributed by atoms with van der Waals surface area (Å²) in [6, 6.07) is 15.5. The van der Waals surface area contributed by atoms with Gasteiger partial charge in [-0.05, 0) is 46.9 Å². The van der Waals surface area contributed by atoms with E-state index in [1.165, 1.54) is 35.6 Å². The van der Waals surface area contributed by atoms with Crippen LogP contribution in [-0.2, 0) is 5.41 Å². The highest BCUT2D eigenvalue weighted by Gasteiger charge is 2.31. The summed E-state index contributed by atoms with van der Waals surface area (Å²) in [5.74, 6) is 0.659. The van der Waals surface area contributed by atoms with Crippen LogP contribution in [0.1, 0.15) is 38.7 Å². The molecule has 0 aromatic heterocycles. The Labute approximate surface area is 116 Å². The van der Waals surface area contributed by atoms with Gasteiger partial charge in [-0.1, -0.05) is 68.5 Å². The number of allylic oxidation sites excluding steroid dienone is 2. The van der Waals surface area contributed by atoms with E-state index in [2.05, 4.69) is 68.5 Å². The van der Waals surface area contributed by atoms with Gasteiger partial charge in [-0.3, -0.25) is 0 Å². The first-order valence-electron chi connectivity index (χ1n) is 7.34. The Balaban J connectivity index is 2.12. The first kappa shape index (κ1) is 12.5. The molecule has 0 saturated heterocycles. The van der Waals surface area contributed by atoms with Crippen LogP contribution >= 0.6 is 0 Å². The molecule has 0 heterocycles. The van der Waals surface area contributed by atoms with Crippen molar-refractivity contribution in [1.29, 1.82) is 0 Å². The van der Waals surface area contributed by atoms with E-state index < -0.39 is 0 Å². The van der Waals surface area contributed by atoms with Crippen LogP contribution in [0.15, 0.2) is 54.6 Å². The third-order valence-corrected chi connectivity index (χ3v) is 4.67. The van der Waals surface area contributed by atoms with Gasteiger partial charge in [-0.2, -0.15) is 0 Å². The molecule has 0 bridgehead atoms. The fourth-order valence-corrected chi connectivity index (χ4v) is 3.40. The van der Waals surface area contributed by atoms with Crippen LogP contribution in [0, 0.1) is 5.92 Å². The highest BCUT2D eigenvalue weighted by atomic mass is 14.3. The lowest BCUT2D eigenvalue weighted by Gasteiger charge is -2.35. The summed E-state index contributed by atoms with van der Waals surface area (Å²) in [4.78, 5) is 0. The largest absolute Gasteiger partial charge is 0.0882 e. The Hall–Kier alpha value is -1.56. The quantitative estimate of drug-likeness (QED) is 0.620. The molecule has 0 radical (unpaired) electrons. The Morgan fingerprint density at radius 1 is 1.00 bits per heavy atom. The van der Waals surface area contributed by atoms with Gasteiger partial charge >= 0.3 is 0 Å². The van der Waals surface area contributed by atoms with E-state index in [4.69, 9.17) is 0 Å². The molecule has 1 atom stereocenters. The van der Waals surface area contributed by atoms with Crippen LogP contribution in [0.2, 0.25) is 0 Å². The van der Waals surface area contributed by atoms with Gasteiger partial charge < -0.3 is 0 Å². The van der Waals surface area contributed by atoms with Gasteiger partial charge in [0.25, 0.3) is 0 Å². The molecule has 98 valence electrons. The summed E-state index contributed by atoms with van der Waals surface area (Å²) in [5.41, 5.74) is 1.69. The lowest BCUT2D eigenvalue weighted by Crippen LogP contribution is -2.28. The molecule has 0 fully saturated rings. The van der Waals surface area contributed by atoms with Crippen LogP contribution in [0.5, 0.6) is 0 Å². The van der Waals surface area contributed by atoms with E-state index in [9.17, 15) is 0 Å².